The van der Waals surface area contributed by atoms with Crippen molar-refractivity contribution in [1.82, 2.24) is 14.9 Å². The lowest BCUT2D eigenvalue weighted by Crippen LogP contribution is -2.36. The van der Waals surface area contributed by atoms with E-state index in [1.807, 2.05) is 17.0 Å². The normalized spacial score (nSPS) is 13.4. The van der Waals surface area contributed by atoms with Crippen LogP contribution in [0.5, 0.6) is 11.5 Å². The first-order valence-electron chi connectivity index (χ1n) is 8.44. The molecule has 0 aliphatic carbocycles. The summed E-state index contributed by atoms with van der Waals surface area (Å²) in [6.45, 7) is 1.15. The topological polar surface area (TPSA) is 64.6 Å². The zero-order valence-electron chi connectivity index (χ0n) is 14.7. The van der Waals surface area contributed by atoms with Crippen LogP contribution in [0.1, 0.15) is 21.6 Å². The summed E-state index contributed by atoms with van der Waals surface area (Å²) in [4.78, 5) is 23.8. The van der Waals surface area contributed by atoms with Gasteiger partial charge < -0.3 is 14.4 Å². The van der Waals surface area contributed by atoms with Crippen molar-refractivity contribution >= 4 is 16.9 Å². The monoisotopic (exact) mass is 349 g/mol. The maximum atomic E-state index is 13.0. The predicted octanol–water partition coefficient (Wildman–Crippen LogP) is 2.85. The van der Waals surface area contributed by atoms with Crippen LogP contribution in [0.4, 0.5) is 0 Å². The van der Waals surface area contributed by atoms with Crippen molar-refractivity contribution < 1.29 is 14.3 Å². The Bertz CT molecular complexity index is 965. The lowest BCUT2D eigenvalue weighted by molar-refractivity contribution is 0.0733. The van der Waals surface area contributed by atoms with Gasteiger partial charge in [-0.2, -0.15) is 0 Å². The molecule has 0 fully saturated rings. The van der Waals surface area contributed by atoms with E-state index in [0.717, 1.165) is 22.3 Å². The fourth-order valence-corrected chi connectivity index (χ4v) is 3.25. The van der Waals surface area contributed by atoms with Crippen LogP contribution in [-0.4, -0.2) is 41.5 Å². The zero-order valence-corrected chi connectivity index (χ0v) is 14.7. The highest BCUT2D eigenvalue weighted by Gasteiger charge is 2.24. The zero-order chi connectivity index (χ0) is 18.1. The van der Waals surface area contributed by atoms with Gasteiger partial charge in [0.2, 0.25) is 0 Å². The Balaban J connectivity index is 1.64. The number of hydrogen-bond acceptors (Lipinski definition) is 5. The molecule has 0 radical (unpaired) electrons. The van der Waals surface area contributed by atoms with Gasteiger partial charge in [-0.1, -0.05) is 0 Å². The van der Waals surface area contributed by atoms with Crippen LogP contribution in [0.3, 0.4) is 0 Å². The second-order valence-electron chi connectivity index (χ2n) is 6.22. The lowest BCUT2D eigenvalue weighted by atomic mass is 10.0. The second-order valence-corrected chi connectivity index (χ2v) is 6.22. The van der Waals surface area contributed by atoms with E-state index in [1.54, 1.807) is 38.6 Å². The third kappa shape index (κ3) is 2.94. The summed E-state index contributed by atoms with van der Waals surface area (Å²) in [6.07, 6.45) is 2.46. The predicted molar refractivity (Wildman–Crippen MR) is 97.5 cm³/mol. The van der Waals surface area contributed by atoms with Gasteiger partial charge in [0.15, 0.2) is 5.65 Å². The molecule has 0 bridgehead atoms. The van der Waals surface area contributed by atoms with E-state index in [-0.39, 0.29) is 5.91 Å². The molecule has 0 saturated carbocycles. The fraction of sp³-hybridized carbons (Fsp3) is 0.250. The molecule has 1 aliphatic heterocycles. The number of nitrogens with zero attached hydrogens (tertiary/aromatic N) is 3. The Morgan fingerprint density at radius 1 is 1.12 bits per heavy atom. The van der Waals surface area contributed by atoms with Crippen LogP contribution in [0, 0.1) is 0 Å². The maximum Gasteiger partial charge on any atom is 0.254 e. The van der Waals surface area contributed by atoms with Crippen molar-refractivity contribution in [1.29, 1.82) is 0 Å². The average molecular weight is 349 g/mol. The number of carbonyl (C=O) groups is 1. The van der Waals surface area contributed by atoms with Crippen LogP contribution in [0.2, 0.25) is 0 Å². The standard InChI is InChI=1S/C20H19N3O3/c1-25-16-9-14(10-17(11-16)26-2)20(24)23-7-5-18-15(12-23)8-13-4-3-6-21-19(13)22-18/h3-4,6,8-11H,5,7,12H2,1-2H3. The smallest absolute Gasteiger partial charge is 0.254 e. The summed E-state index contributed by atoms with van der Waals surface area (Å²) in [5, 5.41) is 0.989. The number of ether oxygens (including phenoxy) is 2. The quantitative estimate of drug-likeness (QED) is 0.727. The molecule has 4 rings (SSSR count). The first kappa shape index (κ1) is 16.3. The number of benzene rings is 1. The molecule has 6 nitrogen and oxygen atoms in total. The number of aromatic nitrogens is 2. The highest BCUT2D eigenvalue weighted by molar-refractivity contribution is 5.95. The highest BCUT2D eigenvalue weighted by Crippen LogP contribution is 2.26. The molecule has 3 aromatic rings. The molecular weight excluding hydrogens is 330 g/mol. The fourth-order valence-electron chi connectivity index (χ4n) is 3.25. The Labute approximate surface area is 151 Å². The van der Waals surface area contributed by atoms with Gasteiger partial charge in [0.1, 0.15) is 11.5 Å². The molecule has 0 N–H and O–H groups in total. The summed E-state index contributed by atoms with van der Waals surface area (Å²) in [5.41, 5.74) is 3.40. The van der Waals surface area contributed by atoms with Gasteiger partial charge in [0.25, 0.3) is 5.91 Å². The third-order valence-corrected chi connectivity index (χ3v) is 4.62. The maximum absolute atomic E-state index is 13.0. The molecule has 0 spiro atoms. The second kappa shape index (κ2) is 6.63. The molecule has 1 aliphatic rings. The van der Waals surface area contributed by atoms with E-state index in [2.05, 4.69) is 16.0 Å². The van der Waals surface area contributed by atoms with E-state index in [0.29, 0.717) is 36.6 Å². The Kier molecular flexibility index (Phi) is 4.16. The van der Waals surface area contributed by atoms with E-state index in [1.165, 1.54) is 0 Å². The molecule has 26 heavy (non-hydrogen) atoms. The van der Waals surface area contributed by atoms with Gasteiger partial charge in [0, 0.05) is 48.4 Å². The summed E-state index contributed by atoms with van der Waals surface area (Å²) >= 11 is 0. The molecule has 0 unspecified atom stereocenters. The molecule has 6 heteroatoms. The average Bonchev–Trinajstić information content (AvgIpc) is 2.70. The molecule has 0 saturated heterocycles. The number of fused-ring (bicyclic) bond motifs is 2. The molecule has 1 aromatic carbocycles. The van der Waals surface area contributed by atoms with Gasteiger partial charge in [-0.15, -0.1) is 0 Å². The number of carbonyl (C=O) groups excluding carboxylic acids is 1. The van der Waals surface area contributed by atoms with Gasteiger partial charge in [-0.3, -0.25) is 4.79 Å². The minimum Gasteiger partial charge on any atom is -0.497 e. The highest BCUT2D eigenvalue weighted by atomic mass is 16.5. The summed E-state index contributed by atoms with van der Waals surface area (Å²) in [7, 11) is 3.15. The van der Waals surface area contributed by atoms with Crippen LogP contribution < -0.4 is 9.47 Å². The van der Waals surface area contributed by atoms with Crippen molar-refractivity contribution in [2.75, 3.05) is 20.8 Å². The van der Waals surface area contributed by atoms with Crippen LogP contribution >= 0.6 is 0 Å². The number of hydrogen-bond donors (Lipinski definition) is 0. The van der Waals surface area contributed by atoms with Crippen molar-refractivity contribution in [3.63, 3.8) is 0 Å². The summed E-state index contributed by atoms with van der Waals surface area (Å²) in [5.74, 6) is 1.16. The molecule has 0 atom stereocenters. The van der Waals surface area contributed by atoms with E-state index in [4.69, 9.17) is 9.47 Å². The van der Waals surface area contributed by atoms with Crippen molar-refractivity contribution in [3.05, 3.63) is 59.4 Å². The Morgan fingerprint density at radius 2 is 1.88 bits per heavy atom. The lowest BCUT2D eigenvalue weighted by Gasteiger charge is -2.28. The number of amides is 1. The number of rotatable bonds is 3. The third-order valence-electron chi connectivity index (χ3n) is 4.62. The van der Waals surface area contributed by atoms with Crippen molar-refractivity contribution in [3.8, 4) is 11.5 Å². The van der Waals surface area contributed by atoms with Crippen molar-refractivity contribution in [2.24, 2.45) is 0 Å². The van der Waals surface area contributed by atoms with Crippen LogP contribution in [-0.2, 0) is 13.0 Å². The first-order chi connectivity index (χ1) is 12.7. The molecule has 2 aromatic heterocycles. The molecule has 1 amide bonds. The minimum absolute atomic E-state index is 0.0425. The molecule has 132 valence electrons. The molecule has 3 heterocycles. The van der Waals surface area contributed by atoms with E-state index >= 15 is 0 Å². The van der Waals surface area contributed by atoms with Crippen molar-refractivity contribution in [2.45, 2.75) is 13.0 Å². The largest absolute Gasteiger partial charge is 0.497 e. The van der Waals surface area contributed by atoms with Crippen LogP contribution in [0.15, 0.2) is 42.6 Å². The first-order valence-corrected chi connectivity index (χ1v) is 8.44. The summed E-state index contributed by atoms with van der Waals surface area (Å²) in [6, 6.07) is 11.2. The Morgan fingerprint density at radius 3 is 2.62 bits per heavy atom. The minimum atomic E-state index is -0.0425. The van der Waals surface area contributed by atoms with Crippen LogP contribution in [0.25, 0.3) is 11.0 Å². The SMILES string of the molecule is COc1cc(OC)cc(C(=O)N2CCc3nc4ncccc4cc3C2)c1. The van der Waals surface area contributed by atoms with Gasteiger partial charge >= 0.3 is 0 Å². The van der Waals surface area contributed by atoms with E-state index in [9.17, 15) is 4.79 Å². The van der Waals surface area contributed by atoms with E-state index < -0.39 is 0 Å². The summed E-state index contributed by atoms with van der Waals surface area (Å²) < 4.78 is 10.5. The van der Waals surface area contributed by atoms with Gasteiger partial charge in [-0.25, -0.2) is 9.97 Å². The number of methoxy groups -OCH3 is 2. The molecular formula is C20H19N3O3. The number of pyridine rings is 2. The Hall–Kier alpha value is -3.15. The van der Waals surface area contributed by atoms with Gasteiger partial charge in [0.05, 0.1) is 14.2 Å². The van der Waals surface area contributed by atoms with Gasteiger partial charge in [-0.05, 0) is 35.9 Å².